The molecule has 25 heavy (non-hydrogen) atoms. The number of ether oxygens (including phenoxy) is 1. The van der Waals surface area contributed by atoms with Gasteiger partial charge in [-0.1, -0.05) is 11.6 Å². The summed E-state index contributed by atoms with van der Waals surface area (Å²) in [5.41, 5.74) is -0.0161. The van der Waals surface area contributed by atoms with Crippen molar-refractivity contribution in [3.63, 3.8) is 0 Å². The van der Waals surface area contributed by atoms with Crippen LogP contribution in [0.15, 0.2) is 24.8 Å². The van der Waals surface area contributed by atoms with Gasteiger partial charge in [0.05, 0.1) is 6.04 Å². The second kappa shape index (κ2) is 8.18. The molecule has 1 rings (SSSR count). The van der Waals surface area contributed by atoms with Crippen LogP contribution >= 0.6 is 0 Å². The Labute approximate surface area is 148 Å². The molecule has 0 aliphatic carbocycles. The fraction of sp³-hybridized carbons (Fsp3) is 0.611. The van der Waals surface area contributed by atoms with E-state index in [1.165, 1.54) is 4.90 Å². The number of carbonyl (C=O) groups excluding carboxylic acids is 2. The number of hydrogen-bond acceptors (Lipinski definition) is 4. The van der Waals surface area contributed by atoms with Crippen LogP contribution in [0, 0.1) is 0 Å². The lowest BCUT2D eigenvalue weighted by Crippen LogP contribution is -2.54. The van der Waals surface area contributed by atoms with Gasteiger partial charge in [-0.3, -0.25) is 4.79 Å². The third-order valence-corrected chi connectivity index (χ3v) is 3.78. The Morgan fingerprint density at radius 3 is 2.40 bits per heavy atom. The Hall–Kier alpha value is -2.31. The normalized spacial score (nSPS) is 21.4. The lowest BCUT2D eigenvalue weighted by atomic mass is 10.1. The summed E-state index contributed by atoms with van der Waals surface area (Å²) in [5, 5.41) is 11.9. The number of carbonyl (C=O) groups is 3. The van der Waals surface area contributed by atoms with Crippen LogP contribution in [-0.2, 0) is 14.3 Å². The molecule has 140 valence electrons. The monoisotopic (exact) mass is 352 g/mol. The predicted molar refractivity (Wildman–Crippen MR) is 94.1 cm³/mol. The minimum atomic E-state index is -1.07. The number of hydrogen-bond donors (Lipinski definition) is 2. The Kier molecular flexibility index (Phi) is 6.78. The van der Waals surface area contributed by atoms with Crippen molar-refractivity contribution in [3.8, 4) is 0 Å². The van der Waals surface area contributed by atoms with E-state index < -0.39 is 35.7 Å². The molecule has 0 aromatic heterocycles. The molecule has 0 spiro atoms. The molecule has 7 heteroatoms. The van der Waals surface area contributed by atoms with Crippen molar-refractivity contribution < 1.29 is 24.2 Å². The van der Waals surface area contributed by atoms with Crippen molar-refractivity contribution in [1.82, 2.24) is 10.2 Å². The molecule has 3 atom stereocenters. The number of alkyl carbamates (subject to hydrolysis) is 1. The van der Waals surface area contributed by atoms with Crippen molar-refractivity contribution in [2.75, 3.05) is 0 Å². The smallest absolute Gasteiger partial charge is 0.408 e. The topological polar surface area (TPSA) is 95.9 Å². The Balaban J connectivity index is 3.01. The van der Waals surface area contributed by atoms with E-state index in [-0.39, 0.29) is 12.5 Å². The molecule has 1 fully saturated rings. The number of aliphatic carboxylic acids is 1. The number of nitrogens with zero attached hydrogens (tertiary/aromatic N) is 1. The molecule has 0 bridgehead atoms. The first kappa shape index (κ1) is 20.7. The quantitative estimate of drug-likeness (QED) is 0.716. The summed E-state index contributed by atoms with van der Waals surface area (Å²) in [6.07, 6.45) is 1.91. The van der Waals surface area contributed by atoms with Gasteiger partial charge in [0.25, 0.3) is 0 Å². The maximum atomic E-state index is 13.0. The number of amides is 2. The maximum absolute atomic E-state index is 13.0. The fourth-order valence-electron chi connectivity index (χ4n) is 2.81. The molecule has 0 unspecified atom stereocenters. The van der Waals surface area contributed by atoms with Crippen LogP contribution in [0.3, 0.4) is 0 Å². The molecule has 0 saturated carbocycles. The Bertz CT molecular complexity index is 564. The van der Waals surface area contributed by atoms with Gasteiger partial charge in [0, 0.05) is 0 Å². The zero-order valence-corrected chi connectivity index (χ0v) is 15.4. The molecule has 2 N–H and O–H groups in total. The van der Waals surface area contributed by atoms with E-state index in [0.717, 1.165) is 0 Å². The van der Waals surface area contributed by atoms with Gasteiger partial charge in [-0.2, -0.15) is 0 Å². The Morgan fingerprint density at radius 2 is 1.96 bits per heavy atom. The largest absolute Gasteiger partial charge is 0.480 e. The SMILES string of the molecule is C=C[C@H]1CC[C@@H](C(=O)O)N1C(=O)[C@H](CC(=C)C)NC(=O)OC(C)(C)C. The van der Waals surface area contributed by atoms with Crippen LogP contribution in [0.5, 0.6) is 0 Å². The minimum Gasteiger partial charge on any atom is -0.480 e. The number of nitrogens with one attached hydrogen (secondary N) is 1. The van der Waals surface area contributed by atoms with Crippen LogP contribution < -0.4 is 5.32 Å². The van der Waals surface area contributed by atoms with Gasteiger partial charge in [0.2, 0.25) is 5.91 Å². The second-order valence-corrected chi connectivity index (χ2v) is 7.34. The number of carboxylic acid groups (broad SMARTS) is 1. The first-order chi connectivity index (χ1) is 11.5. The van der Waals surface area contributed by atoms with Crippen LogP contribution in [0.1, 0.15) is 47.0 Å². The summed E-state index contributed by atoms with van der Waals surface area (Å²) in [4.78, 5) is 37.8. The van der Waals surface area contributed by atoms with Crippen molar-refractivity contribution in [2.45, 2.75) is 70.7 Å². The average Bonchev–Trinajstić information content (AvgIpc) is 2.87. The van der Waals surface area contributed by atoms with Crippen LogP contribution in [0.25, 0.3) is 0 Å². The van der Waals surface area contributed by atoms with Gasteiger partial charge in [0.15, 0.2) is 0 Å². The summed E-state index contributed by atoms with van der Waals surface area (Å²) in [6.45, 7) is 14.4. The molecule has 1 heterocycles. The third kappa shape index (κ3) is 5.92. The lowest BCUT2D eigenvalue weighted by molar-refractivity contribution is -0.149. The first-order valence-corrected chi connectivity index (χ1v) is 8.27. The van der Waals surface area contributed by atoms with E-state index in [2.05, 4.69) is 18.5 Å². The number of likely N-dealkylation sites (tertiary alicyclic amines) is 1. The highest BCUT2D eigenvalue weighted by atomic mass is 16.6. The van der Waals surface area contributed by atoms with Gasteiger partial charge in [-0.25, -0.2) is 9.59 Å². The van der Waals surface area contributed by atoms with E-state index in [4.69, 9.17) is 4.74 Å². The fourth-order valence-corrected chi connectivity index (χ4v) is 2.81. The average molecular weight is 352 g/mol. The number of rotatable bonds is 6. The zero-order chi connectivity index (χ0) is 19.4. The zero-order valence-electron chi connectivity index (χ0n) is 15.4. The molecule has 0 aromatic rings. The summed E-state index contributed by atoms with van der Waals surface area (Å²) < 4.78 is 5.20. The summed E-state index contributed by atoms with van der Waals surface area (Å²) in [6, 6.07) is -2.24. The molecular weight excluding hydrogens is 324 g/mol. The second-order valence-electron chi connectivity index (χ2n) is 7.34. The van der Waals surface area contributed by atoms with E-state index in [1.807, 2.05) is 0 Å². The van der Waals surface area contributed by atoms with Gasteiger partial charge in [-0.15, -0.1) is 13.2 Å². The van der Waals surface area contributed by atoms with Crippen molar-refractivity contribution in [1.29, 1.82) is 0 Å². The lowest BCUT2D eigenvalue weighted by Gasteiger charge is -2.31. The van der Waals surface area contributed by atoms with Gasteiger partial charge >= 0.3 is 12.1 Å². The maximum Gasteiger partial charge on any atom is 0.408 e. The molecule has 2 amide bonds. The molecule has 0 aromatic carbocycles. The summed E-state index contributed by atoms with van der Waals surface area (Å²) in [5.74, 6) is -1.53. The minimum absolute atomic E-state index is 0.199. The van der Waals surface area contributed by atoms with Crippen molar-refractivity contribution in [2.24, 2.45) is 0 Å². The molecule has 1 saturated heterocycles. The van der Waals surface area contributed by atoms with Gasteiger partial charge in [0.1, 0.15) is 17.7 Å². The standard InChI is InChI=1S/C18H28N2O5/c1-7-12-8-9-14(16(22)23)20(12)15(21)13(10-11(2)3)19-17(24)25-18(4,5)6/h7,12-14H,1-2,8-10H2,3-6H3,(H,19,24)(H,22,23)/t12-,13-,14-/m0/s1. The highest BCUT2D eigenvalue weighted by Crippen LogP contribution is 2.27. The summed E-state index contributed by atoms with van der Waals surface area (Å²) in [7, 11) is 0. The van der Waals surface area contributed by atoms with E-state index in [9.17, 15) is 19.5 Å². The van der Waals surface area contributed by atoms with E-state index >= 15 is 0 Å². The molecule has 1 aliphatic rings. The predicted octanol–water partition coefficient (Wildman–Crippen LogP) is 2.48. The third-order valence-electron chi connectivity index (χ3n) is 3.78. The first-order valence-electron chi connectivity index (χ1n) is 8.27. The molecule has 0 radical (unpaired) electrons. The van der Waals surface area contributed by atoms with E-state index in [1.54, 1.807) is 33.8 Å². The van der Waals surface area contributed by atoms with Crippen LogP contribution in [0.4, 0.5) is 4.79 Å². The van der Waals surface area contributed by atoms with Crippen LogP contribution in [-0.4, -0.2) is 51.7 Å². The highest BCUT2D eigenvalue weighted by molar-refractivity contribution is 5.90. The van der Waals surface area contributed by atoms with Crippen molar-refractivity contribution >= 4 is 18.0 Å². The van der Waals surface area contributed by atoms with Crippen LogP contribution in [0.2, 0.25) is 0 Å². The van der Waals surface area contributed by atoms with Crippen molar-refractivity contribution in [3.05, 3.63) is 24.8 Å². The van der Waals surface area contributed by atoms with Gasteiger partial charge in [-0.05, 0) is 47.0 Å². The molecule has 7 nitrogen and oxygen atoms in total. The van der Waals surface area contributed by atoms with Gasteiger partial charge < -0.3 is 20.1 Å². The number of carboxylic acids is 1. The highest BCUT2D eigenvalue weighted by Gasteiger charge is 2.42. The molecular formula is C18H28N2O5. The van der Waals surface area contributed by atoms with E-state index in [0.29, 0.717) is 18.4 Å². The molecule has 1 aliphatic heterocycles. The summed E-state index contributed by atoms with van der Waals surface area (Å²) >= 11 is 0. The Morgan fingerprint density at radius 1 is 1.36 bits per heavy atom.